The number of aromatic nitrogens is 3. The zero-order valence-electron chi connectivity index (χ0n) is 12.2. The van der Waals surface area contributed by atoms with Gasteiger partial charge in [-0.25, -0.2) is 9.67 Å². The summed E-state index contributed by atoms with van der Waals surface area (Å²) >= 11 is 0. The topological polar surface area (TPSA) is 73.0 Å². The Morgan fingerprint density at radius 1 is 1.27 bits per heavy atom. The number of hydrogen-bond donors (Lipinski definition) is 1. The van der Waals surface area contributed by atoms with Gasteiger partial charge in [0.05, 0.1) is 0 Å². The summed E-state index contributed by atoms with van der Waals surface area (Å²) in [5.41, 5.74) is 0.877. The first-order chi connectivity index (χ1) is 10.8. The molecule has 0 aliphatic rings. The summed E-state index contributed by atoms with van der Waals surface area (Å²) < 4.78 is 7.11. The molecule has 0 spiro atoms. The third-order valence-corrected chi connectivity index (χ3v) is 3.26. The second-order valence-corrected chi connectivity index (χ2v) is 4.74. The van der Waals surface area contributed by atoms with Crippen molar-refractivity contribution in [2.75, 3.05) is 0 Å². The SMILES string of the molecule is CCc1ccc(C(=O)NCc2cccnc2-n2cccn2)o1. The lowest BCUT2D eigenvalue weighted by atomic mass is 10.2. The zero-order chi connectivity index (χ0) is 15.4. The van der Waals surface area contributed by atoms with Crippen LogP contribution in [0.25, 0.3) is 5.82 Å². The fourth-order valence-corrected chi connectivity index (χ4v) is 2.12. The van der Waals surface area contributed by atoms with Gasteiger partial charge in [0.15, 0.2) is 11.6 Å². The van der Waals surface area contributed by atoms with Crippen molar-refractivity contribution in [2.45, 2.75) is 19.9 Å². The Morgan fingerprint density at radius 3 is 2.91 bits per heavy atom. The van der Waals surface area contributed by atoms with E-state index in [0.29, 0.717) is 18.1 Å². The van der Waals surface area contributed by atoms with E-state index in [1.54, 1.807) is 23.1 Å². The molecule has 1 amide bonds. The van der Waals surface area contributed by atoms with Crippen molar-refractivity contribution in [1.82, 2.24) is 20.1 Å². The number of amides is 1. The first kappa shape index (κ1) is 14.1. The number of furan rings is 1. The predicted molar refractivity (Wildman–Crippen MR) is 80.6 cm³/mol. The smallest absolute Gasteiger partial charge is 0.287 e. The van der Waals surface area contributed by atoms with Gasteiger partial charge in [-0.2, -0.15) is 5.10 Å². The van der Waals surface area contributed by atoms with Crippen LogP contribution >= 0.6 is 0 Å². The maximum absolute atomic E-state index is 12.1. The van der Waals surface area contributed by atoms with Crippen molar-refractivity contribution < 1.29 is 9.21 Å². The molecule has 112 valence electrons. The molecule has 6 nitrogen and oxygen atoms in total. The fourth-order valence-electron chi connectivity index (χ4n) is 2.12. The number of rotatable bonds is 5. The Bertz CT molecular complexity index is 762. The van der Waals surface area contributed by atoms with Crippen LogP contribution in [0.5, 0.6) is 0 Å². The van der Waals surface area contributed by atoms with Crippen LogP contribution in [0.4, 0.5) is 0 Å². The molecule has 22 heavy (non-hydrogen) atoms. The molecule has 3 aromatic rings. The summed E-state index contributed by atoms with van der Waals surface area (Å²) in [6, 6.07) is 9.06. The van der Waals surface area contributed by atoms with Gasteiger partial charge in [0, 0.05) is 37.1 Å². The second kappa shape index (κ2) is 6.26. The molecule has 0 unspecified atom stereocenters. The lowest BCUT2D eigenvalue weighted by Crippen LogP contribution is -2.23. The van der Waals surface area contributed by atoms with Crippen LogP contribution < -0.4 is 5.32 Å². The van der Waals surface area contributed by atoms with Gasteiger partial charge in [-0.05, 0) is 24.3 Å². The van der Waals surface area contributed by atoms with E-state index in [4.69, 9.17) is 4.42 Å². The third kappa shape index (κ3) is 2.90. The van der Waals surface area contributed by atoms with Crippen molar-refractivity contribution in [3.05, 3.63) is 66.0 Å². The summed E-state index contributed by atoms with van der Waals surface area (Å²) in [7, 11) is 0. The molecule has 3 heterocycles. The van der Waals surface area contributed by atoms with Gasteiger partial charge < -0.3 is 9.73 Å². The number of nitrogens with zero attached hydrogens (tertiary/aromatic N) is 3. The quantitative estimate of drug-likeness (QED) is 0.784. The Hall–Kier alpha value is -2.89. The number of hydrogen-bond acceptors (Lipinski definition) is 4. The van der Waals surface area contributed by atoms with Gasteiger partial charge in [-0.1, -0.05) is 13.0 Å². The molecule has 0 aliphatic heterocycles. The van der Waals surface area contributed by atoms with Crippen molar-refractivity contribution >= 4 is 5.91 Å². The molecule has 0 bridgehead atoms. The molecule has 0 saturated carbocycles. The van der Waals surface area contributed by atoms with Crippen LogP contribution in [0.2, 0.25) is 0 Å². The number of pyridine rings is 1. The second-order valence-electron chi connectivity index (χ2n) is 4.74. The van der Waals surface area contributed by atoms with Gasteiger partial charge in [0.1, 0.15) is 5.76 Å². The standard InChI is InChI=1S/C16H16N4O2/c1-2-13-6-7-14(22-13)16(21)18-11-12-5-3-8-17-15(12)20-10-4-9-19-20/h3-10H,2,11H2,1H3,(H,18,21). The van der Waals surface area contributed by atoms with Gasteiger partial charge >= 0.3 is 0 Å². The molecule has 6 heteroatoms. The highest BCUT2D eigenvalue weighted by Gasteiger charge is 2.12. The first-order valence-corrected chi connectivity index (χ1v) is 7.08. The first-order valence-electron chi connectivity index (χ1n) is 7.08. The summed E-state index contributed by atoms with van der Waals surface area (Å²) in [5, 5.41) is 7.01. The Morgan fingerprint density at radius 2 is 2.18 bits per heavy atom. The highest BCUT2D eigenvalue weighted by atomic mass is 16.3. The van der Waals surface area contributed by atoms with Crippen molar-refractivity contribution in [3.63, 3.8) is 0 Å². The monoisotopic (exact) mass is 296 g/mol. The average molecular weight is 296 g/mol. The van der Waals surface area contributed by atoms with Gasteiger partial charge in [-0.3, -0.25) is 4.79 Å². The van der Waals surface area contributed by atoms with Crippen LogP contribution in [-0.4, -0.2) is 20.7 Å². The third-order valence-electron chi connectivity index (χ3n) is 3.26. The molecular formula is C16H16N4O2. The highest BCUT2D eigenvalue weighted by Crippen LogP contribution is 2.11. The van der Waals surface area contributed by atoms with E-state index in [1.165, 1.54) is 0 Å². The molecular weight excluding hydrogens is 280 g/mol. The molecule has 0 saturated heterocycles. The number of aryl methyl sites for hydroxylation is 1. The lowest BCUT2D eigenvalue weighted by Gasteiger charge is -2.08. The van der Waals surface area contributed by atoms with E-state index < -0.39 is 0 Å². The highest BCUT2D eigenvalue weighted by molar-refractivity contribution is 5.91. The van der Waals surface area contributed by atoms with E-state index in [9.17, 15) is 4.79 Å². The maximum atomic E-state index is 12.1. The molecule has 0 aromatic carbocycles. The largest absolute Gasteiger partial charge is 0.456 e. The van der Waals surface area contributed by atoms with E-state index in [-0.39, 0.29) is 5.91 Å². The minimum Gasteiger partial charge on any atom is -0.456 e. The normalized spacial score (nSPS) is 10.6. The van der Waals surface area contributed by atoms with Crippen LogP contribution in [0.15, 0.2) is 53.3 Å². The Labute approximate surface area is 127 Å². The minimum atomic E-state index is -0.241. The molecule has 3 rings (SSSR count). The summed E-state index contributed by atoms with van der Waals surface area (Å²) in [5.74, 6) is 1.57. The maximum Gasteiger partial charge on any atom is 0.287 e. The molecule has 0 radical (unpaired) electrons. The lowest BCUT2D eigenvalue weighted by molar-refractivity contribution is 0.0921. The zero-order valence-corrected chi connectivity index (χ0v) is 12.2. The summed E-state index contributed by atoms with van der Waals surface area (Å²) in [4.78, 5) is 16.4. The fraction of sp³-hybridized carbons (Fsp3) is 0.188. The minimum absolute atomic E-state index is 0.241. The van der Waals surface area contributed by atoms with E-state index >= 15 is 0 Å². The van der Waals surface area contributed by atoms with Crippen molar-refractivity contribution in [1.29, 1.82) is 0 Å². The van der Waals surface area contributed by atoms with Gasteiger partial charge in [0.25, 0.3) is 5.91 Å². The predicted octanol–water partition coefficient (Wildman–Crippen LogP) is 2.35. The Kier molecular flexibility index (Phi) is 4.00. The van der Waals surface area contributed by atoms with Crippen molar-refractivity contribution in [3.8, 4) is 5.82 Å². The molecule has 0 fully saturated rings. The number of nitrogens with one attached hydrogen (secondary N) is 1. The van der Waals surface area contributed by atoms with Crippen LogP contribution in [0.3, 0.4) is 0 Å². The van der Waals surface area contributed by atoms with E-state index in [1.807, 2.05) is 37.4 Å². The van der Waals surface area contributed by atoms with Crippen LogP contribution in [-0.2, 0) is 13.0 Å². The summed E-state index contributed by atoms with van der Waals surface area (Å²) in [6.07, 6.45) is 5.96. The number of carbonyl (C=O) groups excluding carboxylic acids is 1. The Balaban J connectivity index is 1.73. The van der Waals surface area contributed by atoms with E-state index in [0.717, 1.165) is 17.7 Å². The van der Waals surface area contributed by atoms with Crippen LogP contribution in [0, 0.1) is 0 Å². The van der Waals surface area contributed by atoms with Gasteiger partial charge in [0.2, 0.25) is 0 Å². The van der Waals surface area contributed by atoms with Crippen molar-refractivity contribution in [2.24, 2.45) is 0 Å². The molecule has 1 N–H and O–H groups in total. The molecule has 0 atom stereocenters. The van der Waals surface area contributed by atoms with Crippen LogP contribution in [0.1, 0.15) is 28.8 Å². The molecule has 0 aliphatic carbocycles. The number of carbonyl (C=O) groups is 1. The molecule has 3 aromatic heterocycles. The average Bonchev–Trinajstić information content (AvgIpc) is 3.24. The summed E-state index contributed by atoms with van der Waals surface area (Å²) in [6.45, 7) is 2.33. The van der Waals surface area contributed by atoms with E-state index in [2.05, 4.69) is 15.4 Å². The van der Waals surface area contributed by atoms with Gasteiger partial charge in [-0.15, -0.1) is 0 Å².